The first kappa shape index (κ1) is 27.1. The van der Waals surface area contributed by atoms with E-state index >= 15 is 4.39 Å². The molecule has 1 amide bonds. The summed E-state index contributed by atoms with van der Waals surface area (Å²) in [6.45, 7) is 2.52. The predicted molar refractivity (Wildman–Crippen MR) is 131 cm³/mol. The van der Waals surface area contributed by atoms with E-state index in [0.29, 0.717) is 33.6 Å². The van der Waals surface area contributed by atoms with Crippen LogP contribution in [0.25, 0.3) is 5.57 Å². The van der Waals surface area contributed by atoms with Crippen molar-refractivity contribution in [2.75, 3.05) is 27.2 Å². The number of hydrogen-bond acceptors (Lipinski definition) is 6. The van der Waals surface area contributed by atoms with Crippen molar-refractivity contribution in [3.63, 3.8) is 0 Å². The van der Waals surface area contributed by atoms with Crippen molar-refractivity contribution in [2.45, 2.75) is 25.6 Å². The van der Waals surface area contributed by atoms with Gasteiger partial charge in [0, 0.05) is 47.3 Å². The number of carbonyl (C=O) groups is 1. The van der Waals surface area contributed by atoms with Gasteiger partial charge >= 0.3 is 6.18 Å². The number of amides is 1. The third kappa shape index (κ3) is 5.34. The number of nitrogens with two attached hydrogens (primary N) is 1. The molecule has 1 atom stereocenters. The molecule has 1 aromatic carbocycles. The molecule has 190 valence electrons. The van der Waals surface area contributed by atoms with Crippen LogP contribution in [0.2, 0.25) is 0 Å². The van der Waals surface area contributed by atoms with Gasteiger partial charge in [0.05, 0.1) is 6.54 Å². The van der Waals surface area contributed by atoms with Crippen molar-refractivity contribution in [3.05, 3.63) is 74.4 Å². The van der Waals surface area contributed by atoms with Crippen LogP contribution in [-0.4, -0.2) is 54.8 Å². The molecule has 0 fully saturated rings. The molecule has 1 aromatic heterocycles. The number of fused-ring (bicyclic) bond motifs is 1. The number of allylic oxidation sites excluding steroid dienone is 1. The number of halogens is 4. The van der Waals surface area contributed by atoms with Crippen molar-refractivity contribution in [2.24, 2.45) is 5.73 Å². The summed E-state index contributed by atoms with van der Waals surface area (Å²) in [5.74, 6) is -2.02. The van der Waals surface area contributed by atoms with E-state index in [9.17, 15) is 23.2 Å². The lowest BCUT2D eigenvalue weighted by molar-refractivity contribution is -0.127. The molecule has 11 heteroatoms. The lowest BCUT2D eigenvalue weighted by atomic mass is 9.81. The molecule has 1 aliphatic rings. The third-order valence-corrected chi connectivity index (χ3v) is 7.11. The van der Waals surface area contributed by atoms with Crippen LogP contribution >= 0.6 is 11.3 Å². The highest BCUT2D eigenvalue weighted by Crippen LogP contribution is 2.44. The van der Waals surface area contributed by atoms with Crippen LogP contribution in [-0.2, 0) is 11.3 Å². The molecule has 36 heavy (non-hydrogen) atoms. The molecular formula is C25H25F4N5OS. The Morgan fingerprint density at radius 1 is 1.39 bits per heavy atom. The van der Waals surface area contributed by atoms with Crippen LogP contribution in [0.15, 0.2) is 36.6 Å². The van der Waals surface area contributed by atoms with Crippen LogP contribution in [0.3, 0.4) is 0 Å². The molecule has 3 rings (SSSR count). The number of alkyl halides is 3. The highest BCUT2D eigenvalue weighted by atomic mass is 32.1. The molecule has 0 unspecified atom stereocenters. The Hall–Kier alpha value is -3.49. The van der Waals surface area contributed by atoms with Crippen molar-refractivity contribution in [3.8, 4) is 6.07 Å². The Morgan fingerprint density at radius 3 is 2.67 bits per heavy atom. The van der Waals surface area contributed by atoms with Crippen LogP contribution in [0.1, 0.15) is 37.9 Å². The van der Waals surface area contributed by atoms with Gasteiger partial charge < -0.3 is 15.5 Å². The number of hydrogen-bond donors (Lipinski definition) is 2. The second-order valence-electron chi connectivity index (χ2n) is 8.60. The molecule has 6 nitrogen and oxygen atoms in total. The summed E-state index contributed by atoms with van der Waals surface area (Å²) in [5, 5.41) is 17.2. The van der Waals surface area contributed by atoms with Crippen LogP contribution in [0.4, 0.5) is 17.6 Å². The number of nitrogens with one attached hydrogen (secondary N) is 1. The van der Waals surface area contributed by atoms with E-state index in [1.54, 1.807) is 13.0 Å². The van der Waals surface area contributed by atoms with Gasteiger partial charge in [-0.25, -0.2) is 4.39 Å². The average molecular weight is 520 g/mol. The van der Waals surface area contributed by atoms with Gasteiger partial charge in [-0.05, 0) is 43.8 Å². The van der Waals surface area contributed by atoms with Crippen LogP contribution in [0, 0.1) is 29.5 Å². The van der Waals surface area contributed by atoms with Gasteiger partial charge in [0.15, 0.2) is 0 Å². The average Bonchev–Trinajstić information content (AvgIpc) is 3.14. The molecule has 0 spiro atoms. The summed E-state index contributed by atoms with van der Waals surface area (Å²) in [5.41, 5.74) is 3.95. The summed E-state index contributed by atoms with van der Waals surface area (Å²) in [6, 6.07) is 5.96. The molecule has 3 N–H and O–H groups in total. The minimum Gasteiger partial charge on any atom is -0.404 e. The van der Waals surface area contributed by atoms with Gasteiger partial charge in [0.1, 0.15) is 22.5 Å². The number of likely N-dealkylation sites (N-methyl/N-ethyl adjacent to an activating group) is 1. The fourth-order valence-electron chi connectivity index (χ4n) is 4.27. The number of thiophene rings is 1. The Balaban J connectivity index is 2.18. The molecule has 2 aromatic rings. The number of nitriles is 1. The zero-order chi connectivity index (χ0) is 26.8. The third-order valence-electron chi connectivity index (χ3n) is 5.91. The number of rotatable bonds is 6. The van der Waals surface area contributed by atoms with Gasteiger partial charge in [-0.2, -0.15) is 18.4 Å². The fraction of sp³-hybridized carbons (Fsp3) is 0.320. The van der Waals surface area contributed by atoms with E-state index in [4.69, 9.17) is 11.1 Å². The van der Waals surface area contributed by atoms with E-state index in [2.05, 4.69) is 6.07 Å². The highest BCUT2D eigenvalue weighted by Gasteiger charge is 2.40. The lowest BCUT2D eigenvalue weighted by Crippen LogP contribution is -2.38. The maximum atomic E-state index is 15.1. The topological polar surface area (TPSA) is 97.2 Å². The smallest absolute Gasteiger partial charge is 0.404 e. The summed E-state index contributed by atoms with van der Waals surface area (Å²) in [7, 11) is 3.70. The minimum absolute atomic E-state index is 0.0498. The van der Waals surface area contributed by atoms with Gasteiger partial charge in [-0.1, -0.05) is 18.2 Å². The van der Waals surface area contributed by atoms with Gasteiger partial charge in [-0.3, -0.25) is 10.2 Å². The molecule has 0 aliphatic carbocycles. The van der Waals surface area contributed by atoms with E-state index in [-0.39, 0.29) is 24.6 Å². The molecule has 0 bridgehead atoms. The molecule has 1 aliphatic heterocycles. The zero-order valence-corrected chi connectivity index (χ0v) is 20.7. The largest absolute Gasteiger partial charge is 0.433 e. The van der Waals surface area contributed by atoms with Crippen LogP contribution in [0.5, 0.6) is 0 Å². The summed E-state index contributed by atoms with van der Waals surface area (Å²) in [6.07, 6.45) is -1.35. The summed E-state index contributed by atoms with van der Waals surface area (Å²) < 4.78 is 55.4. The Kier molecular flexibility index (Phi) is 8.01. The SMILES string of the molecule is Cc1c(C#N)sc2c1[C@H](c1cccc(F)c1/C(=C/N)C(=N)C(F)(F)F)CN(C(=O)/C=C/CN(C)C)C2. The van der Waals surface area contributed by atoms with Crippen molar-refractivity contribution < 1.29 is 22.4 Å². The first-order valence-electron chi connectivity index (χ1n) is 10.9. The van der Waals surface area contributed by atoms with Gasteiger partial charge in [0.25, 0.3) is 0 Å². The molecule has 2 heterocycles. The van der Waals surface area contributed by atoms with Gasteiger partial charge in [0.2, 0.25) is 5.91 Å². The Morgan fingerprint density at radius 2 is 2.08 bits per heavy atom. The fourth-order valence-corrected chi connectivity index (χ4v) is 5.45. The Bertz CT molecular complexity index is 1290. The molecular weight excluding hydrogens is 494 g/mol. The van der Waals surface area contributed by atoms with E-state index < -0.39 is 34.8 Å². The maximum Gasteiger partial charge on any atom is 0.433 e. The summed E-state index contributed by atoms with van der Waals surface area (Å²) >= 11 is 1.20. The minimum atomic E-state index is -5.05. The highest BCUT2D eigenvalue weighted by molar-refractivity contribution is 7.12. The van der Waals surface area contributed by atoms with Crippen molar-refractivity contribution in [1.82, 2.24) is 9.80 Å². The Labute approximate surface area is 210 Å². The second kappa shape index (κ2) is 10.6. The first-order chi connectivity index (χ1) is 16.9. The quantitative estimate of drug-likeness (QED) is 0.333. The number of benzene rings is 1. The van der Waals surface area contributed by atoms with E-state index in [1.807, 2.05) is 19.0 Å². The van der Waals surface area contributed by atoms with Crippen molar-refractivity contribution in [1.29, 1.82) is 10.7 Å². The van der Waals surface area contributed by atoms with Crippen LogP contribution < -0.4 is 5.73 Å². The molecule has 0 radical (unpaired) electrons. The second-order valence-corrected chi connectivity index (χ2v) is 9.70. The number of nitrogens with zero attached hydrogens (tertiary/aromatic N) is 3. The molecule has 0 saturated carbocycles. The zero-order valence-electron chi connectivity index (χ0n) is 19.9. The monoisotopic (exact) mass is 519 g/mol. The lowest BCUT2D eigenvalue weighted by Gasteiger charge is -2.34. The maximum absolute atomic E-state index is 15.1. The predicted octanol–water partition coefficient (Wildman–Crippen LogP) is 4.54. The van der Waals surface area contributed by atoms with E-state index in [0.717, 1.165) is 6.07 Å². The van der Waals surface area contributed by atoms with E-state index in [1.165, 1.54) is 34.4 Å². The normalized spacial score (nSPS) is 16.4. The standard InChI is InChI=1S/C25H25F4N5OS/c1-14-19(11-31)36-20-13-34(21(35)8-5-9-33(2)3)12-17(22(14)20)15-6-4-7-18(26)23(15)16(10-30)24(32)25(27,28)29/h4-8,10,17,32H,9,12-13,30H2,1-3H3/b8-5+,16-10-,32-24?/t17-/m0/s1. The molecule has 0 saturated heterocycles. The summed E-state index contributed by atoms with van der Waals surface area (Å²) in [4.78, 5) is 17.5. The van der Waals surface area contributed by atoms with Gasteiger partial charge in [-0.15, -0.1) is 11.3 Å². The number of carbonyl (C=O) groups excluding carboxylic acids is 1. The van der Waals surface area contributed by atoms with Crippen molar-refractivity contribution >= 4 is 28.5 Å². The first-order valence-corrected chi connectivity index (χ1v) is 11.7.